The number of anilines is 1. The lowest BCUT2D eigenvalue weighted by Gasteiger charge is -2.32. The molecule has 0 unspecified atom stereocenters. The molecule has 2 aromatic carbocycles. The average molecular weight is 450 g/mol. The van der Waals surface area contributed by atoms with Crippen molar-refractivity contribution in [3.8, 4) is 0 Å². The van der Waals surface area contributed by atoms with Crippen LogP contribution in [0.4, 0.5) is 20.6 Å². The Labute approximate surface area is 179 Å². The maximum atomic E-state index is 13.0. The van der Waals surface area contributed by atoms with Crippen molar-refractivity contribution in [1.29, 1.82) is 0 Å². The molecular weight excluding hydrogens is 427 g/mol. The minimum Gasteiger partial charge on any atom is -0.325 e. The van der Waals surface area contributed by atoms with Gasteiger partial charge in [0.15, 0.2) is 0 Å². The van der Waals surface area contributed by atoms with Crippen molar-refractivity contribution in [2.75, 3.05) is 25.0 Å². The van der Waals surface area contributed by atoms with Gasteiger partial charge in [0.2, 0.25) is 10.0 Å². The van der Waals surface area contributed by atoms with Crippen LogP contribution in [0.2, 0.25) is 0 Å². The first-order chi connectivity index (χ1) is 14.7. The molecule has 2 amide bonds. The maximum Gasteiger partial charge on any atom is 0.321 e. The van der Waals surface area contributed by atoms with Crippen LogP contribution < -0.4 is 10.0 Å². The van der Waals surface area contributed by atoms with Crippen LogP contribution in [0.1, 0.15) is 18.4 Å². The van der Waals surface area contributed by atoms with Crippen LogP contribution in [0.15, 0.2) is 47.4 Å². The normalized spacial score (nSPS) is 15.0. The van der Waals surface area contributed by atoms with Crippen LogP contribution in [-0.2, 0) is 10.0 Å². The number of rotatable bonds is 6. The van der Waals surface area contributed by atoms with Gasteiger partial charge in [-0.05, 0) is 55.5 Å². The number of carbonyl (C=O) groups is 1. The highest BCUT2D eigenvalue weighted by Crippen LogP contribution is 2.23. The number of halogens is 1. The number of hydrogen-bond donors (Lipinski definition) is 2. The lowest BCUT2D eigenvalue weighted by Crippen LogP contribution is -2.43. The monoisotopic (exact) mass is 450 g/mol. The fraction of sp³-hybridized carbons (Fsp3) is 0.350. The predicted octanol–water partition coefficient (Wildman–Crippen LogP) is 3.26. The van der Waals surface area contributed by atoms with Crippen molar-refractivity contribution in [2.24, 2.45) is 5.92 Å². The zero-order chi connectivity index (χ0) is 22.6. The molecule has 1 heterocycles. The molecule has 3 rings (SSSR count). The number of non-ortho nitro benzene ring substituents is 1. The molecule has 0 aliphatic carbocycles. The van der Waals surface area contributed by atoms with Gasteiger partial charge in [-0.15, -0.1) is 0 Å². The highest BCUT2D eigenvalue weighted by atomic mass is 32.2. The lowest BCUT2D eigenvalue weighted by molar-refractivity contribution is -0.385. The number of piperidine rings is 1. The summed E-state index contributed by atoms with van der Waals surface area (Å²) in [5, 5.41) is 13.7. The van der Waals surface area contributed by atoms with Gasteiger partial charge in [0.25, 0.3) is 5.69 Å². The predicted molar refractivity (Wildman–Crippen MR) is 113 cm³/mol. The zero-order valence-electron chi connectivity index (χ0n) is 16.9. The van der Waals surface area contributed by atoms with E-state index in [-0.39, 0.29) is 34.9 Å². The molecule has 0 radical (unpaired) electrons. The Kier molecular flexibility index (Phi) is 6.86. The number of amides is 2. The third-order valence-corrected chi connectivity index (χ3v) is 6.80. The minimum absolute atomic E-state index is 0.0312. The number of likely N-dealkylation sites (tertiary alicyclic amines) is 1. The number of hydrogen-bond acceptors (Lipinski definition) is 5. The molecule has 1 aliphatic rings. The Morgan fingerprint density at radius 1 is 1.19 bits per heavy atom. The van der Waals surface area contributed by atoms with E-state index in [0.717, 1.165) is 6.07 Å². The van der Waals surface area contributed by atoms with Crippen molar-refractivity contribution in [3.05, 3.63) is 64.0 Å². The first-order valence-electron chi connectivity index (χ1n) is 9.72. The molecule has 1 saturated heterocycles. The maximum absolute atomic E-state index is 13.0. The number of nitrogens with one attached hydrogen (secondary N) is 2. The summed E-state index contributed by atoms with van der Waals surface area (Å²) in [4.78, 5) is 24.2. The van der Waals surface area contributed by atoms with E-state index in [1.807, 2.05) is 0 Å². The van der Waals surface area contributed by atoms with Gasteiger partial charge in [-0.25, -0.2) is 22.3 Å². The Hall–Kier alpha value is -3.05. The van der Waals surface area contributed by atoms with Crippen LogP contribution in [0.25, 0.3) is 0 Å². The average Bonchev–Trinajstić information content (AvgIpc) is 2.74. The van der Waals surface area contributed by atoms with Crippen molar-refractivity contribution < 1.29 is 22.5 Å². The molecular formula is C20H23FN4O5S. The molecule has 0 aromatic heterocycles. The summed E-state index contributed by atoms with van der Waals surface area (Å²) in [7, 11) is -3.90. The third kappa shape index (κ3) is 5.76. The van der Waals surface area contributed by atoms with Gasteiger partial charge < -0.3 is 10.2 Å². The van der Waals surface area contributed by atoms with Crippen molar-refractivity contribution in [3.63, 3.8) is 0 Å². The highest BCUT2D eigenvalue weighted by molar-refractivity contribution is 7.89. The second-order valence-corrected chi connectivity index (χ2v) is 9.16. The summed E-state index contributed by atoms with van der Waals surface area (Å²) in [5.41, 5.74) is 0.630. The summed E-state index contributed by atoms with van der Waals surface area (Å²) < 4.78 is 40.8. The summed E-state index contributed by atoms with van der Waals surface area (Å²) >= 11 is 0. The fourth-order valence-electron chi connectivity index (χ4n) is 3.37. The lowest BCUT2D eigenvalue weighted by atomic mass is 9.97. The van der Waals surface area contributed by atoms with Gasteiger partial charge in [-0.1, -0.05) is 6.07 Å². The van der Waals surface area contributed by atoms with Crippen molar-refractivity contribution in [1.82, 2.24) is 9.62 Å². The largest absolute Gasteiger partial charge is 0.325 e. The van der Waals surface area contributed by atoms with Crippen molar-refractivity contribution >= 4 is 27.4 Å². The molecule has 1 aliphatic heterocycles. The van der Waals surface area contributed by atoms with E-state index in [9.17, 15) is 27.7 Å². The molecule has 1 fully saturated rings. The van der Waals surface area contributed by atoms with Gasteiger partial charge in [0.1, 0.15) is 5.82 Å². The molecule has 31 heavy (non-hydrogen) atoms. The Morgan fingerprint density at radius 3 is 2.45 bits per heavy atom. The molecule has 2 aromatic rings. The van der Waals surface area contributed by atoms with E-state index < -0.39 is 14.9 Å². The number of benzene rings is 2. The van der Waals surface area contributed by atoms with E-state index in [1.54, 1.807) is 11.8 Å². The molecule has 0 atom stereocenters. The van der Waals surface area contributed by atoms with E-state index in [1.165, 1.54) is 36.4 Å². The SMILES string of the molecule is Cc1ccc([N+](=O)[O-])cc1S(=O)(=O)NCC1CCN(C(=O)Nc2ccc(F)cc2)CC1. The van der Waals surface area contributed by atoms with Gasteiger partial charge in [-0.3, -0.25) is 10.1 Å². The summed E-state index contributed by atoms with van der Waals surface area (Å²) in [5.74, 6) is -0.356. The van der Waals surface area contributed by atoms with E-state index in [2.05, 4.69) is 10.0 Å². The Morgan fingerprint density at radius 2 is 1.84 bits per heavy atom. The minimum atomic E-state index is -3.90. The molecule has 0 spiro atoms. The van der Waals surface area contributed by atoms with Gasteiger partial charge in [0, 0.05) is 37.5 Å². The molecule has 2 N–H and O–H groups in total. The van der Waals surface area contributed by atoms with Gasteiger partial charge >= 0.3 is 6.03 Å². The van der Waals surface area contributed by atoms with Crippen LogP contribution in [0.3, 0.4) is 0 Å². The topological polar surface area (TPSA) is 122 Å². The molecule has 166 valence electrons. The number of sulfonamides is 1. The van der Waals surface area contributed by atoms with E-state index in [4.69, 9.17) is 0 Å². The standard InChI is InChI=1S/C20H23FN4O5S/c1-14-2-7-18(25(27)28)12-19(14)31(29,30)22-13-15-8-10-24(11-9-15)20(26)23-17-5-3-16(21)4-6-17/h2-7,12,15,22H,8-11,13H2,1H3,(H,23,26). The van der Waals surface area contributed by atoms with Crippen LogP contribution in [-0.4, -0.2) is 43.9 Å². The number of carbonyl (C=O) groups excluding carboxylic acids is 1. The first kappa shape index (κ1) is 22.6. The molecule has 9 nitrogen and oxygen atoms in total. The van der Waals surface area contributed by atoms with Crippen LogP contribution >= 0.6 is 0 Å². The highest BCUT2D eigenvalue weighted by Gasteiger charge is 2.26. The second kappa shape index (κ2) is 9.40. The second-order valence-electron chi connectivity index (χ2n) is 7.43. The van der Waals surface area contributed by atoms with E-state index in [0.29, 0.717) is 37.2 Å². The third-order valence-electron chi connectivity index (χ3n) is 5.23. The van der Waals surface area contributed by atoms with Gasteiger partial charge in [0.05, 0.1) is 9.82 Å². The first-order valence-corrected chi connectivity index (χ1v) is 11.2. The number of aryl methyl sites for hydroxylation is 1. The number of nitrogens with zero attached hydrogens (tertiary/aromatic N) is 2. The summed E-state index contributed by atoms with van der Waals surface area (Å²) in [6.45, 7) is 2.67. The smallest absolute Gasteiger partial charge is 0.321 e. The zero-order valence-corrected chi connectivity index (χ0v) is 17.7. The summed E-state index contributed by atoms with van der Waals surface area (Å²) in [6, 6.07) is 8.91. The number of urea groups is 1. The van der Waals surface area contributed by atoms with Crippen LogP contribution in [0, 0.1) is 28.8 Å². The number of nitro benzene ring substituents is 1. The Balaban J connectivity index is 1.53. The molecule has 0 saturated carbocycles. The van der Waals surface area contributed by atoms with Gasteiger partial charge in [-0.2, -0.15) is 0 Å². The van der Waals surface area contributed by atoms with Crippen molar-refractivity contribution in [2.45, 2.75) is 24.7 Å². The Bertz CT molecular complexity index is 1070. The fourth-order valence-corrected chi connectivity index (χ4v) is 4.75. The van der Waals surface area contributed by atoms with Crippen LogP contribution in [0.5, 0.6) is 0 Å². The number of nitro groups is 1. The summed E-state index contributed by atoms with van der Waals surface area (Å²) in [6.07, 6.45) is 1.21. The molecule has 0 bridgehead atoms. The molecule has 11 heteroatoms. The van der Waals surface area contributed by atoms with E-state index >= 15 is 0 Å². The quantitative estimate of drug-likeness (QED) is 0.517.